The third-order valence-electron chi connectivity index (χ3n) is 1.80. The number of benzene rings is 1. The molecule has 0 aromatic heterocycles. The summed E-state index contributed by atoms with van der Waals surface area (Å²) in [6.45, 7) is 4.62. The third kappa shape index (κ3) is 3.15. The Bertz CT molecular complexity index is 353. The largest absolute Gasteiger partial charge is 0.310 e. The second-order valence-electron chi connectivity index (χ2n) is 3.50. The van der Waals surface area contributed by atoms with E-state index in [-0.39, 0.29) is 5.82 Å². The van der Waals surface area contributed by atoms with Crippen LogP contribution in [0.3, 0.4) is 0 Å². The zero-order valence-corrected chi connectivity index (χ0v) is 8.34. The minimum atomic E-state index is -0.357. The average molecular weight is 192 g/mol. The van der Waals surface area contributed by atoms with E-state index in [0.717, 1.165) is 5.56 Å². The highest BCUT2D eigenvalue weighted by atomic mass is 19.1. The van der Waals surface area contributed by atoms with E-state index < -0.39 is 0 Å². The van der Waals surface area contributed by atoms with E-state index in [9.17, 15) is 4.39 Å². The quantitative estimate of drug-likeness (QED) is 0.796. The van der Waals surface area contributed by atoms with Crippen LogP contribution in [0.4, 0.5) is 4.39 Å². The number of rotatable bonds is 3. The zero-order chi connectivity index (χ0) is 10.6. The van der Waals surface area contributed by atoms with Gasteiger partial charge in [0.15, 0.2) is 0 Å². The topological polar surface area (TPSA) is 35.8 Å². The summed E-state index contributed by atoms with van der Waals surface area (Å²) < 4.78 is 13.0. The van der Waals surface area contributed by atoms with Crippen molar-refractivity contribution in [3.63, 3.8) is 0 Å². The van der Waals surface area contributed by atoms with Gasteiger partial charge in [0.1, 0.15) is 5.82 Å². The smallest absolute Gasteiger partial charge is 0.124 e. The predicted molar refractivity (Wildman–Crippen MR) is 53.1 cm³/mol. The molecule has 1 rings (SSSR count). The minimum Gasteiger partial charge on any atom is -0.310 e. The van der Waals surface area contributed by atoms with Gasteiger partial charge in [0.05, 0.1) is 11.6 Å². The van der Waals surface area contributed by atoms with E-state index in [4.69, 9.17) is 5.26 Å². The van der Waals surface area contributed by atoms with Gasteiger partial charge in [-0.15, -0.1) is 0 Å². The number of nitrogens with zero attached hydrogens (tertiary/aromatic N) is 1. The Morgan fingerprint density at radius 2 is 2.14 bits per heavy atom. The van der Waals surface area contributed by atoms with Gasteiger partial charge < -0.3 is 5.32 Å². The Morgan fingerprint density at radius 3 is 2.71 bits per heavy atom. The molecule has 0 heterocycles. The summed E-state index contributed by atoms with van der Waals surface area (Å²) in [6, 6.07) is 6.65. The molecule has 0 amide bonds. The molecule has 0 atom stereocenters. The molecule has 1 aromatic carbocycles. The van der Waals surface area contributed by atoms with Gasteiger partial charge in [-0.1, -0.05) is 13.8 Å². The summed E-state index contributed by atoms with van der Waals surface area (Å²) >= 11 is 0. The first kappa shape index (κ1) is 10.7. The molecule has 0 bridgehead atoms. The molecule has 74 valence electrons. The van der Waals surface area contributed by atoms with Crippen molar-refractivity contribution in [1.29, 1.82) is 5.26 Å². The number of nitrogens with one attached hydrogen (secondary N) is 1. The van der Waals surface area contributed by atoms with Gasteiger partial charge in [0.25, 0.3) is 0 Å². The molecule has 0 fully saturated rings. The van der Waals surface area contributed by atoms with E-state index in [0.29, 0.717) is 18.2 Å². The molecule has 2 nitrogen and oxygen atoms in total. The highest BCUT2D eigenvalue weighted by Crippen LogP contribution is 2.08. The molecule has 0 saturated heterocycles. The van der Waals surface area contributed by atoms with E-state index in [1.165, 1.54) is 12.1 Å². The van der Waals surface area contributed by atoms with Gasteiger partial charge in [0.2, 0.25) is 0 Å². The zero-order valence-electron chi connectivity index (χ0n) is 8.34. The summed E-state index contributed by atoms with van der Waals surface area (Å²) in [6.07, 6.45) is 0. The number of nitriles is 1. The second kappa shape index (κ2) is 4.73. The van der Waals surface area contributed by atoms with Crippen LogP contribution in [0.15, 0.2) is 18.2 Å². The molecule has 0 unspecified atom stereocenters. The number of halogens is 1. The lowest BCUT2D eigenvalue weighted by atomic mass is 10.1. The van der Waals surface area contributed by atoms with Gasteiger partial charge in [-0.05, 0) is 23.8 Å². The van der Waals surface area contributed by atoms with Crippen molar-refractivity contribution in [2.24, 2.45) is 0 Å². The maximum atomic E-state index is 13.0. The maximum Gasteiger partial charge on any atom is 0.124 e. The Hall–Kier alpha value is -1.40. The first-order chi connectivity index (χ1) is 6.61. The van der Waals surface area contributed by atoms with Crippen LogP contribution in [-0.2, 0) is 6.54 Å². The van der Waals surface area contributed by atoms with Crippen molar-refractivity contribution < 1.29 is 4.39 Å². The fourth-order valence-corrected chi connectivity index (χ4v) is 1.14. The average Bonchev–Trinajstić information content (AvgIpc) is 2.14. The maximum absolute atomic E-state index is 13.0. The summed E-state index contributed by atoms with van der Waals surface area (Å²) in [4.78, 5) is 0. The molecule has 0 aliphatic heterocycles. The number of hydrogen-bond donors (Lipinski definition) is 1. The molecule has 0 aliphatic carbocycles. The van der Waals surface area contributed by atoms with Crippen molar-refractivity contribution >= 4 is 0 Å². The van der Waals surface area contributed by atoms with Gasteiger partial charge in [-0.2, -0.15) is 5.26 Å². The van der Waals surface area contributed by atoms with Crippen LogP contribution in [-0.4, -0.2) is 6.04 Å². The molecule has 1 aromatic rings. The molecule has 0 spiro atoms. The molecular weight excluding hydrogens is 179 g/mol. The fraction of sp³-hybridized carbons (Fsp3) is 0.364. The van der Waals surface area contributed by atoms with Crippen molar-refractivity contribution in [3.05, 3.63) is 35.1 Å². The summed E-state index contributed by atoms with van der Waals surface area (Å²) in [5, 5.41) is 11.8. The van der Waals surface area contributed by atoms with Gasteiger partial charge >= 0.3 is 0 Å². The van der Waals surface area contributed by atoms with Crippen LogP contribution < -0.4 is 5.32 Å². The van der Waals surface area contributed by atoms with E-state index in [1.807, 2.05) is 19.9 Å². The van der Waals surface area contributed by atoms with Crippen LogP contribution in [0.25, 0.3) is 0 Å². The van der Waals surface area contributed by atoms with Crippen molar-refractivity contribution in [2.45, 2.75) is 26.4 Å². The van der Waals surface area contributed by atoms with Crippen LogP contribution in [0.2, 0.25) is 0 Å². The predicted octanol–water partition coefficient (Wildman–Crippen LogP) is 2.20. The van der Waals surface area contributed by atoms with Crippen molar-refractivity contribution in [3.8, 4) is 6.07 Å². The van der Waals surface area contributed by atoms with Gasteiger partial charge in [0, 0.05) is 12.6 Å². The molecular formula is C11H13FN2. The normalized spacial score (nSPS) is 10.2. The lowest BCUT2D eigenvalue weighted by molar-refractivity contribution is 0.581. The van der Waals surface area contributed by atoms with E-state index in [2.05, 4.69) is 5.32 Å². The Labute approximate surface area is 83.4 Å². The third-order valence-corrected chi connectivity index (χ3v) is 1.80. The first-order valence-electron chi connectivity index (χ1n) is 4.55. The lowest BCUT2D eigenvalue weighted by Gasteiger charge is -2.08. The van der Waals surface area contributed by atoms with Crippen molar-refractivity contribution in [2.75, 3.05) is 0 Å². The minimum absolute atomic E-state index is 0.351. The highest BCUT2D eigenvalue weighted by molar-refractivity contribution is 5.33. The highest BCUT2D eigenvalue weighted by Gasteiger charge is 2.00. The molecule has 0 aliphatic rings. The summed E-state index contributed by atoms with van der Waals surface area (Å²) in [5.74, 6) is -0.357. The Balaban J connectivity index is 2.78. The molecule has 1 N–H and O–H groups in total. The van der Waals surface area contributed by atoms with Crippen LogP contribution in [0, 0.1) is 17.1 Å². The first-order valence-corrected chi connectivity index (χ1v) is 4.55. The lowest BCUT2D eigenvalue weighted by Crippen LogP contribution is -2.21. The fourth-order valence-electron chi connectivity index (χ4n) is 1.14. The standard InChI is InChI=1S/C11H13FN2/c1-8(2)14-7-10-3-9(6-13)4-11(12)5-10/h3-5,8,14H,7H2,1-2H3. The van der Waals surface area contributed by atoms with Gasteiger partial charge in [-0.25, -0.2) is 4.39 Å². The molecule has 0 saturated carbocycles. The molecule has 0 radical (unpaired) electrons. The molecule has 14 heavy (non-hydrogen) atoms. The summed E-state index contributed by atoms with van der Waals surface area (Å²) in [5.41, 5.74) is 1.17. The van der Waals surface area contributed by atoms with Crippen LogP contribution in [0.5, 0.6) is 0 Å². The van der Waals surface area contributed by atoms with Crippen LogP contribution >= 0.6 is 0 Å². The van der Waals surface area contributed by atoms with Crippen LogP contribution in [0.1, 0.15) is 25.0 Å². The number of hydrogen-bond acceptors (Lipinski definition) is 2. The van der Waals surface area contributed by atoms with E-state index in [1.54, 1.807) is 6.07 Å². The second-order valence-corrected chi connectivity index (χ2v) is 3.50. The Morgan fingerprint density at radius 1 is 1.43 bits per heavy atom. The summed E-state index contributed by atoms with van der Waals surface area (Å²) in [7, 11) is 0. The van der Waals surface area contributed by atoms with Crippen molar-refractivity contribution in [1.82, 2.24) is 5.32 Å². The monoisotopic (exact) mass is 192 g/mol. The SMILES string of the molecule is CC(C)NCc1cc(F)cc(C#N)c1. The van der Waals surface area contributed by atoms with E-state index >= 15 is 0 Å². The Kier molecular flexibility index (Phi) is 3.61. The molecule has 3 heteroatoms. The van der Waals surface area contributed by atoms with Gasteiger partial charge in [-0.3, -0.25) is 0 Å².